The molecule has 0 bridgehead atoms. The molecule has 4 rings (SSSR count). The van der Waals surface area contributed by atoms with Crippen LogP contribution in [0.2, 0.25) is 10.0 Å². The van der Waals surface area contributed by atoms with Gasteiger partial charge in [-0.2, -0.15) is 0 Å². The van der Waals surface area contributed by atoms with Crippen LogP contribution in [0, 0.1) is 0 Å². The predicted octanol–water partition coefficient (Wildman–Crippen LogP) is 4.16. The van der Waals surface area contributed by atoms with Gasteiger partial charge in [0.1, 0.15) is 11.5 Å². The second kappa shape index (κ2) is 6.84. The standard InChI is InChI=1S/C19H21Cl2N5O/c1-4-8-25-17-15(18-24(3)12(5-2)10-26(18)19(25)27)22-16(23-17)11-6-7-13(20)14(21)9-11/h6-7,9,12H,4-5,8,10H2,1-3H3. The Morgan fingerprint density at radius 3 is 2.63 bits per heavy atom. The van der Waals surface area contributed by atoms with E-state index in [1.165, 1.54) is 0 Å². The zero-order valence-electron chi connectivity index (χ0n) is 15.5. The molecule has 0 aliphatic carbocycles. The zero-order valence-corrected chi connectivity index (χ0v) is 17.0. The molecule has 1 aromatic carbocycles. The Labute approximate surface area is 167 Å². The number of anilines is 1. The smallest absolute Gasteiger partial charge is 0.331 e. The Bertz CT molecular complexity index is 1040. The van der Waals surface area contributed by atoms with Gasteiger partial charge in [0.25, 0.3) is 0 Å². The third-order valence-corrected chi connectivity index (χ3v) is 5.94. The molecule has 8 heteroatoms. The number of imidazole rings is 1. The fourth-order valence-corrected chi connectivity index (χ4v) is 4.05. The fourth-order valence-electron chi connectivity index (χ4n) is 3.75. The number of nitrogens with zero attached hydrogens (tertiary/aromatic N) is 5. The van der Waals surface area contributed by atoms with Gasteiger partial charge in [0.2, 0.25) is 0 Å². The summed E-state index contributed by atoms with van der Waals surface area (Å²) in [5.41, 5.74) is 1.51. The number of rotatable bonds is 4. The van der Waals surface area contributed by atoms with Crippen LogP contribution in [-0.2, 0) is 13.1 Å². The summed E-state index contributed by atoms with van der Waals surface area (Å²) in [7, 11) is 2.02. The summed E-state index contributed by atoms with van der Waals surface area (Å²) in [6.07, 6.45) is 1.80. The van der Waals surface area contributed by atoms with E-state index in [1.807, 2.05) is 24.6 Å². The summed E-state index contributed by atoms with van der Waals surface area (Å²) in [4.78, 5) is 24.8. The molecule has 0 N–H and O–H groups in total. The number of hydrogen-bond donors (Lipinski definition) is 0. The molecule has 3 aliphatic heterocycles. The van der Waals surface area contributed by atoms with E-state index < -0.39 is 0 Å². The number of likely N-dealkylation sites (N-methyl/N-ethyl adjacent to an activating group) is 1. The molecule has 142 valence electrons. The molecule has 1 aromatic rings. The van der Waals surface area contributed by atoms with Crippen LogP contribution in [0.15, 0.2) is 23.0 Å². The maximum Gasteiger partial charge on any atom is 0.331 e. The van der Waals surface area contributed by atoms with E-state index in [0.717, 1.165) is 29.9 Å². The van der Waals surface area contributed by atoms with Crippen LogP contribution in [0.3, 0.4) is 0 Å². The van der Waals surface area contributed by atoms with Crippen LogP contribution < -0.4 is 10.6 Å². The molecule has 0 saturated heterocycles. The van der Waals surface area contributed by atoms with Crippen molar-refractivity contribution in [2.75, 3.05) is 11.9 Å². The van der Waals surface area contributed by atoms with E-state index in [0.29, 0.717) is 34.8 Å². The van der Waals surface area contributed by atoms with Gasteiger partial charge in [0.15, 0.2) is 11.6 Å². The molecule has 6 nitrogen and oxygen atoms in total. The van der Waals surface area contributed by atoms with Crippen LogP contribution in [0.25, 0.3) is 22.9 Å². The average molecular weight is 406 g/mol. The monoisotopic (exact) mass is 405 g/mol. The molecule has 0 spiro atoms. The summed E-state index contributed by atoms with van der Waals surface area (Å²) in [5.74, 6) is 2.01. The minimum absolute atomic E-state index is 0.0252. The van der Waals surface area contributed by atoms with Crippen LogP contribution in [0.5, 0.6) is 0 Å². The highest BCUT2D eigenvalue weighted by Gasteiger charge is 2.34. The minimum Gasteiger partial charge on any atom is -0.354 e. The second-order valence-corrected chi connectivity index (χ2v) is 7.70. The lowest BCUT2D eigenvalue weighted by molar-refractivity contribution is 0.543. The predicted molar refractivity (Wildman–Crippen MR) is 109 cm³/mol. The first-order chi connectivity index (χ1) is 13.0. The Kier molecular flexibility index (Phi) is 4.64. The first-order valence-corrected chi connectivity index (χ1v) is 9.91. The molecular weight excluding hydrogens is 385 g/mol. The second-order valence-electron chi connectivity index (χ2n) is 6.89. The molecule has 0 saturated carbocycles. The Hall–Kier alpha value is -2.05. The molecular formula is C19H21Cl2N5O. The van der Waals surface area contributed by atoms with Crippen molar-refractivity contribution in [2.24, 2.45) is 0 Å². The first kappa shape index (κ1) is 18.3. The van der Waals surface area contributed by atoms with Gasteiger partial charge in [0, 0.05) is 31.7 Å². The van der Waals surface area contributed by atoms with Crippen molar-refractivity contribution < 1.29 is 0 Å². The van der Waals surface area contributed by atoms with Gasteiger partial charge in [-0.05, 0) is 31.0 Å². The summed E-state index contributed by atoms with van der Waals surface area (Å²) in [6.45, 7) is 5.46. The number of hydrogen-bond acceptors (Lipinski definition) is 4. The van der Waals surface area contributed by atoms with Crippen molar-refractivity contribution in [3.63, 3.8) is 0 Å². The number of aromatic nitrogens is 4. The molecule has 0 aromatic heterocycles. The molecule has 0 fully saturated rings. The van der Waals surface area contributed by atoms with Gasteiger partial charge in [-0.25, -0.2) is 14.8 Å². The Morgan fingerprint density at radius 1 is 1.19 bits per heavy atom. The minimum atomic E-state index is -0.0252. The van der Waals surface area contributed by atoms with Gasteiger partial charge in [-0.15, -0.1) is 0 Å². The molecule has 1 unspecified atom stereocenters. The fraction of sp³-hybridized carbons (Fsp3) is 0.421. The van der Waals surface area contributed by atoms with Gasteiger partial charge >= 0.3 is 5.69 Å². The highest BCUT2D eigenvalue weighted by molar-refractivity contribution is 6.42. The lowest BCUT2D eigenvalue weighted by atomic mass is 10.2. The van der Waals surface area contributed by atoms with Crippen molar-refractivity contribution in [1.82, 2.24) is 19.1 Å². The molecule has 1 atom stereocenters. The topological polar surface area (TPSA) is 56.0 Å². The summed E-state index contributed by atoms with van der Waals surface area (Å²) in [5, 5.41) is 0.943. The lowest BCUT2D eigenvalue weighted by Crippen LogP contribution is -2.32. The quantitative estimate of drug-likeness (QED) is 0.653. The summed E-state index contributed by atoms with van der Waals surface area (Å²) >= 11 is 12.2. The van der Waals surface area contributed by atoms with E-state index >= 15 is 0 Å². The molecule has 0 amide bonds. The van der Waals surface area contributed by atoms with Crippen LogP contribution in [-0.4, -0.2) is 32.2 Å². The largest absolute Gasteiger partial charge is 0.354 e. The summed E-state index contributed by atoms with van der Waals surface area (Å²) in [6, 6.07) is 5.62. The normalized spacial score (nSPS) is 16.3. The van der Waals surface area contributed by atoms with Gasteiger partial charge in [0.05, 0.1) is 10.0 Å². The van der Waals surface area contributed by atoms with Crippen molar-refractivity contribution in [1.29, 1.82) is 0 Å². The van der Waals surface area contributed by atoms with E-state index in [-0.39, 0.29) is 11.7 Å². The highest BCUT2D eigenvalue weighted by atomic mass is 35.5. The van der Waals surface area contributed by atoms with Crippen molar-refractivity contribution in [3.8, 4) is 22.9 Å². The number of benzene rings is 1. The van der Waals surface area contributed by atoms with Gasteiger partial charge in [-0.1, -0.05) is 37.0 Å². The van der Waals surface area contributed by atoms with E-state index in [4.69, 9.17) is 33.2 Å². The molecule has 3 heterocycles. The van der Waals surface area contributed by atoms with Crippen LogP contribution in [0.1, 0.15) is 26.7 Å². The zero-order chi connectivity index (χ0) is 19.3. The van der Waals surface area contributed by atoms with Crippen molar-refractivity contribution >= 4 is 29.0 Å². The van der Waals surface area contributed by atoms with E-state index in [2.05, 4.69) is 11.8 Å². The van der Waals surface area contributed by atoms with Gasteiger partial charge in [-0.3, -0.25) is 9.13 Å². The van der Waals surface area contributed by atoms with Crippen molar-refractivity contribution in [3.05, 3.63) is 38.7 Å². The Balaban J connectivity index is 1.98. The maximum absolute atomic E-state index is 13.1. The third-order valence-electron chi connectivity index (χ3n) is 5.20. The highest BCUT2D eigenvalue weighted by Crippen LogP contribution is 2.37. The van der Waals surface area contributed by atoms with Crippen molar-refractivity contribution in [2.45, 2.75) is 45.8 Å². The maximum atomic E-state index is 13.1. The summed E-state index contributed by atoms with van der Waals surface area (Å²) < 4.78 is 3.57. The van der Waals surface area contributed by atoms with Crippen LogP contribution in [0.4, 0.5) is 5.82 Å². The SMILES string of the molecule is CCCn1c2nc(-c3ccc(Cl)c(Cl)c3)nc-2c2n(c1=O)CC(CC)N2C. The molecule has 27 heavy (non-hydrogen) atoms. The van der Waals surface area contributed by atoms with E-state index in [1.54, 1.807) is 16.7 Å². The third kappa shape index (κ3) is 2.82. The van der Waals surface area contributed by atoms with E-state index in [9.17, 15) is 4.79 Å². The molecule has 3 aliphatic rings. The first-order valence-electron chi connectivity index (χ1n) is 9.15. The Morgan fingerprint density at radius 2 is 1.96 bits per heavy atom. The van der Waals surface area contributed by atoms with Crippen LogP contribution >= 0.6 is 23.2 Å². The van der Waals surface area contributed by atoms with Gasteiger partial charge < -0.3 is 4.90 Å². The number of halogens is 2. The lowest BCUT2D eigenvalue weighted by Gasteiger charge is -2.21. The average Bonchev–Trinajstić information content (AvgIpc) is 3.22. The number of fused-ring (bicyclic) bond motifs is 3. The molecule has 0 radical (unpaired) electrons.